The number of hydrogen-bond donors (Lipinski definition) is 3. The van der Waals surface area contributed by atoms with Gasteiger partial charge >= 0.3 is 6.18 Å². The van der Waals surface area contributed by atoms with E-state index < -0.39 is 23.7 Å². The van der Waals surface area contributed by atoms with Crippen molar-refractivity contribution < 1.29 is 22.8 Å². The standard InChI is InChI=1S/C30H39F3N8O2/c1-19-18-41(16-13-34-19)28(43)23-5-4-6-25(23)37-26-24(30(31,32)33)17-35-29(38-26)36-21-9-7-20(8-10-21)27(42)40(3)22-11-14-39(2)15-12-22/h7-10,17,22-23,25,34H,1,4-6,11-16,18H2,2-3H3,(H2,35,36,37,38)/t23-,25+/m0/s1. The van der Waals surface area contributed by atoms with Crippen LogP contribution in [0.1, 0.15) is 48.0 Å². The minimum absolute atomic E-state index is 0.0303. The van der Waals surface area contributed by atoms with Crippen molar-refractivity contribution in [2.75, 3.05) is 57.5 Å². The molecule has 3 aliphatic rings. The number of amides is 2. The number of halogens is 3. The number of likely N-dealkylation sites (tertiary alicyclic amines) is 1. The smallest absolute Gasteiger partial charge is 0.386 e. The third-order valence-corrected chi connectivity index (χ3v) is 8.64. The lowest BCUT2D eigenvalue weighted by Gasteiger charge is -2.35. The number of carbonyl (C=O) groups excluding carboxylic acids is 2. The molecule has 1 aromatic carbocycles. The second-order valence-electron chi connectivity index (χ2n) is 11.7. The van der Waals surface area contributed by atoms with Crippen molar-refractivity contribution in [2.24, 2.45) is 5.92 Å². The van der Waals surface area contributed by atoms with Gasteiger partial charge in [0.25, 0.3) is 5.91 Å². The van der Waals surface area contributed by atoms with Crippen LogP contribution >= 0.6 is 0 Å². The van der Waals surface area contributed by atoms with Crippen molar-refractivity contribution in [1.29, 1.82) is 0 Å². The van der Waals surface area contributed by atoms with Crippen LogP contribution in [-0.2, 0) is 11.0 Å². The van der Waals surface area contributed by atoms with Crippen LogP contribution in [0.5, 0.6) is 0 Å². The van der Waals surface area contributed by atoms with Gasteiger partial charge in [-0.05, 0) is 70.1 Å². The van der Waals surface area contributed by atoms with Gasteiger partial charge in [-0.1, -0.05) is 13.0 Å². The van der Waals surface area contributed by atoms with Crippen LogP contribution in [0, 0.1) is 5.92 Å². The predicted molar refractivity (Wildman–Crippen MR) is 158 cm³/mol. The molecule has 3 heterocycles. The zero-order chi connectivity index (χ0) is 30.7. The van der Waals surface area contributed by atoms with Crippen molar-refractivity contribution in [2.45, 2.75) is 50.4 Å². The first-order chi connectivity index (χ1) is 20.5. The van der Waals surface area contributed by atoms with Gasteiger partial charge in [-0.15, -0.1) is 0 Å². The molecular formula is C30H39F3N8O2. The van der Waals surface area contributed by atoms with E-state index in [0.717, 1.165) is 44.2 Å². The Labute approximate surface area is 249 Å². The average molecular weight is 601 g/mol. The quantitative estimate of drug-likeness (QED) is 0.439. The summed E-state index contributed by atoms with van der Waals surface area (Å²) in [5, 5.41) is 9.01. The predicted octanol–water partition coefficient (Wildman–Crippen LogP) is 3.93. The van der Waals surface area contributed by atoms with Crippen LogP contribution in [0.4, 0.5) is 30.6 Å². The number of anilines is 3. The van der Waals surface area contributed by atoms with Gasteiger partial charge in [-0.2, -0.15) is 18.2 Å². The number of nitrogens with one attached hydrogen (secondary N) is 3. The van der Waals surface area contributed by atoms with Gasteiger partial charge in [0.1, 0.15) is 11.4 Å². The summed E-state index contributed by atoms with van der Waals surface area (Å²) in [5.74, 6) is -1.03. The summed E-state index contributed by atoms with van der Waals surface area (Å²) >= 11 is 0. The second-order valence-corrected chi connectivity index (χ2v) is 11.7. The molecule has 0 radical (unpaired) electrons. The van der Waals surface area contributed by atoms with Crippen LogP contribution in [0.15, 0.2) is 42.7 Å². The van der Waals surface area contributed by atoms with Crippen molar-refractivity contribution in [3.63, 3.8) is 0 Å². The fourth-order valence-corrected chi connectivity index (χ4v) is 6.10. The number of benzene rings is 1. The zero-order valence-corrected chi connectivity index (χ0v) is 24.6. The van der Waals surface area contributed by atoms with Crippen molar-refractivity contribution >= 4 is 29.3 Å². The molecule has 2 saturated heterocycles. The lowest BCUT2D eigenvalue weighted by atomic mass is 10.0. The van der Waals surface area contributed by atoms with E-state index in [1.54, 1.807) is 34.1 Å². The number of rotatable bonds is 7. The minimum atomic E-state index is -4.68. The lowest BCUT2D eigenvalue weighted by Crippen LogP contribution is -2.49. The largest absolute Gasteiger partial charge is 0.421 e. The molecule has 43 heavy (non-hydrogen) atoms. The summed E-state index contributed by atoms with van der Waals surface area (Å²) < 4.78 is 41.8. The molecule has 10 nitrogen and oxygen atoms in total. The maximum atomic E-state index is 13.9. The molecule has 0 spiro atoms. The molecule has 232 valence electrons. The Kier molecular flexibility index (Phi) is 9.09. The molecule has 3 fully saturated rings. The van der Waals surface area contributed by atoms with Crippen LogP contribution in [0.2, 0.25) is 0 Å². The van der Waals surface area contributed by atoms with Gasteiger partial charge in [0.15, 0.2) is 0 Å². The normalized spacial score (nSPS) is 21.8. The Morgan fingerprint density at radius 3 is 2.49 bits per heavy atom. The molecule has 1 aromatic heterocycles. The number of hydrogen-bond acceptors (Lipinski definition) is 8. The Hall–Kier alpha value is -3.87. The van der Waals surface area contributed by atoms with Crippen LogP contribution in [0.3, 0.4) is 0 Å². The molecule has 0 unspecified atom stereocenters. The Morgan fingerprint density at radius 2 is 1.81 bits per heavy atom. The van der Waals surface area contributed by atoms with E-state index in [4.69, 9.17) is 0 Å². The summed E-state index contributed by atoms with van der Waals surface area (Å²) in [6.45, 7) is 7.29. The van der Waals surface area contributed by atoms with Crippen molar-refractivity contribution in [1.82, 2.24) is 30.0 Å². The molecule has 3 N–H and O–H groups in total. The Bertz CT molecular complexity index is 1330. The highest BCUT2D eigenvalue weighted by atomic mass is 19.4. The first-order valence-corrected chi connectivity index (χ1v) is 14.7. The molecule has 2 atom stereocenters. The zero-order valence-electron chi connectivity index (χ0n) is 24.6. The number of carbonyl (C=O) groups is 2. The molecule has 5 rings (SSSR count). The first-order valence-electron chi connectivity index (χ1n) is 14.7. The Morgan fingerprint density at radius 1 is 1.09 bits per heavy atom. The van der Waals surface area contributed by atoms with E-state index in [1.165, 1.54) is 0 Å². The van der Waals surface area contributed by atoms with Gasteiger partial charge < -0.3 is 30.7 Å². The van der Waals surface area contributed by atoms with Crippen molar-refractivity contribution in [3.8, 4) is 0 Å². The minimum Gasteiger partial charge on any atom is -0.386 e. The highest BCUT2D eigenvalue weighted by molar-refractivity contribution is 5.94. The fraction of sp³-hybridized carbons (Fsp3) is 0.533. The van der Waals surface area contributed by atoms with Crippen LogP contribution in [-0.4, -0.2) is 95.4 Å². The third-order valence-electron chi connectivity index (χ3n) is 8.64. The summed E-state index contributed by atoms with van der Waals surface area (Å²) in [6.07, 6.45) is -0.244. The van der Waals surface area contributed by atoms with Crippen LogP contribution < -0.4 is 16.0 Å². The van der Waals surface area contributed by atoms with Gasteiger partial charge in [0.2, 0.25) is 11.9 Å². The topological polar surface area (TPSA) is 106 Å². The summed E-state index contributed by atoms with van der Waals surface area (Å²) in [6, 6.07) is 6.40. The first kappa shape index (κ1) is 30.6. The molecule has 13 heteroatoms. The number of aromatic nitrogens is 2. The number of piperazine rings is 1. The maximum Gasteiger partial charge on any atom is 0.421 e. The number of nitrogens with zero attached hydrogens (tertiary/aromatic N) is 5. The maximum absolute atomic E-state index is 13.9. The molecule has 2 aliphatic heterocycles. The molecular weight excluding hydrogens is 561 g/mol. The third kappa shape index (κ3) is 7.20. The van der Waals surface area contributed by atoms with E-state index in [0.29, 0.717) is 43.7 Å². The average Bonchev–Trinajstić information content (AvgIpc) is 3.44. The van der Waals surface area contributed by atoms with Gasteiger partial charge in [0.05, 0.1) is 12.5 Å². The fourth-order valence-electron chi connectivity index (χ4n) is 6.10. The van der Waals surface area contributed by atoms with E-state index in [9.17, 15) is 22.8 Å². The van der Waals surface area contributed by atoms with E-state index in [-0.39, 0.29) is 29.6 Å². The summed E-state index contributed by atoms with van der Waals surface area (Å²) in [4.78, 5) is 40.2. The van der Waals surface area contributed by atoms with E-state index >= 15 is 0 Å². The molecule has 1 saturated carbocycles. The lowest BCUT2D eigenvalue weighted by molar-refractivity contribution is -0.137. The monoisotopic (exact) mass is 600 g/mol. The van der Waals surface area contributed by atoms with Gasteiger partial charge in [-0.3, -0.25) is 9.59 Å². The van der Waals surface area contributed by atoms with Gasteiger partial charge in [-0.25, -0.2) is 4.98 Å². The molecule has 1 aliphatic carbocycles. The number of piperidine rings is 1. The SMILES string of the molecule is C=C1CN(C(=O)[C@H]2CCC[C@H]2Nc2nc(Nc3ccc(C(=O)N(C)C4CCN(C)CC4)cc3)ncc2C(F)(F)F)CCN1. The second kappa shape index (κ2) is 12.8. The number of alkyl halides is 3. The highest BCUT2D eigenvalue weighted by Crippen LogP contribution is 2.37. The summed E-state index contributed by atoms with van der Waals surface area (Å²) in [7, 11) is 3.89. The summed E-state index contributed by atoms with van der Waals surface area (Å²) in [5.41, 5.74) is 0.795. The van der Waals surface area contributed by atoms with Gasteiger partial charge in [0, 0.05) is 55.4 Å². The van der Waals surface area contributed by atoms with E-state index in [1.807, 2.05) is 7.05 Å². The van der Waals surface area contributed by atoms with E-state index in [2.05, 4.69) is 44.4 Å². The highest BCUT2D eigenvalue weighted by Gasteiger charge is 2.40. The molecule has 0 bridgehead atoms. The van der Waals surface area contributed by atoms with Crippen molar-refractivity contribution in [3.05, 3.63) is 53.9 Å². The van der Waals surface area contributed by atoms with Crippen LogP contribution in [0.25, 0.3) is 0 Å². The Balaban J connectivity index is 1.28. The molecule has 2 amide bonds. The molecule has 2 aromatic rings.